The van der Waals surface area contributed by atoms with Crippen LogP contribution in [0.3, 0.4) is 0 Å². The van der Waals surface area contributed by atoms with E-state index in [-0.39, 0.29) is 6.03 Å². The van der Waals surface area contributed by atoms with E-state index in [1.54, 1.807) is 35.6 Å². The minimum Gasteiger partial charge on any atom is -0.338 e. The van der Waals surface area contributed by atoms with E-state index in [9.17, 15) is 4.79 Å². The average molecular weight is 296 g/mol. The normalized spacial score (nSPS) is 10.2. The van der Waals surface area contributed by atoms with Crippen molar-refractivity contribution < 1.29 is 4.79 Å². The SMILES string of the molecule is Cc1ncsc1CCNC(=O)Nc1ccc(Cl)cc1. The van der Waals surface area contributed by atoms with Crippen LogP contribution in [0, 0.1) is 6.92 Å². The zero-order chi connectivity index (χ0) is 13.7. The number of nitrogens with one attached hydrogen (secondary N) is 2. The molecular formula is C13H14ClN3OS. The molecule has 19 heavy (non-hydrogen) atoms. The molecule has 6 heteroatoms. The quantitative estimate of drug-likeness (QED) is 0.907. The van der Waals surface area contributed by atoms with Crippen molar-refractivity contribution in [3.8, 4) is 0 Å². The fraction of sp³-hybridized carbons (Fsp3) is 0.231. The first kappa shape index (κ1) is 13.8. The van der Waals surface area contributed by atoms with E-state index in [2.05, 4.69) is 15.6 Å². The number of halogens is 1. The number of nitrogens with zero attached hydrogens (tertiary/aromatic N) is 1. The summed E-state index contributed by atoms with van der Waals surface area (Å²) >= 11 is 7.38. The summed E-state index contributed by atoms with van der Waals surface area (Å²) in [6.07, 6.45) is 0.796. The molecule has 0 radical (unpaired) electrons. The first-order valence-corrected chi connectivity index (χ1v) is 7.10. The summed E-state index contributed by atoms with van der Waals surface area (Å²) in [6.45, 7) is 2.56. The second kappa shape index (κ2) is 6.54. The maximum atomic E-state index is 11.6. The van der Waals surface area contributed by atoms with Crippen LogP contribution in [0.15, 0.2) is 29.8 Å². The Bertz CT molecular complexity index is 553. The van der Waals surface area contributed by atoms with E-state index in [4.69, 9.17) is 11.6 Å². The number of rotatable bonds is 4. The van der Waals surface area contributed by atoms with Gasteiger partial charge in [0.05, 0.1) is 11.2 Å². The molecule has 0 aliphatic rings. The van der Waals surface area contributed by atoms with E-state index < -0.39 is 0 Å². The smallest absolute Gasteiger partial charge is 0.319 e. The predicted molar refractivity (Wildman–Crippen MR) is 79.0 cm³/mol. The van der Waals surface area contributed by atoms with Crippen molar-refractivity contribution in [1.82, 2.24) is 10.3 Å². The number of carbonyl (C=O) groups excluding carboxylic acids is 1. The first-order valence-electron chi connectivity index (χ1n) is 5.84. The van der Waals surface area contributed by atoms with E-state index in [0.717, 1.165) is 17.8 Å². The number of aryl methyl sites for hydroxylation is 1. The lowest BCUT2D eigenvalue weighted by Crippen LogP contribution is -2.30. The van der Waals surface area contributed by atoms with Gasteiger partial charge in [0.2, 0.25) is 0 Å². The van der Waals surface area contributed by atoms with Gasteiger partial charge in [-0.25, -0.2) is 9.78 Å². The highest BCUT2D eigenvalue weighted by Crippen LogP contribution is 2.13. The van der Waals surface area contributed by atoms with Crippen molar-refractivity contribution in [3.05, 3.63) is 45.4 Å². The van der Waals surface area contributed by atoms with Gasteiger partial charge in [-0.05, 0) is 31.2 Å². The fourth-order valence-corrected chi connectivity index (χ4v) is 2.47. The highest BCUT2D eigenvalue weighted by atomic mass is 35.5. The second-order valence-corrected chi connectivity index (χ2v) is 5.37. The number of anilines is 1. The van der Waals surface area contributed by atoms with Gasteiger partial charge in [-0.3, -0.25) is 0 Å². The summed E-state index contributed by atoms with van der Waals surface area (Å²) in [6, 6.07) is 6.77. The van der Waals surface area contributed by atoms with Crippen LogP contribution in [0.4, 0.5) is 10.5 Å². The third-order valence-corrected chi connectivity index (χ3v) is 3.83. The molecule has 0 aliphatic carbocycles. The predicted octanol–water partition coefficient (Wildman–Crippen LogP) is 3.47. The van der Waals surface area contributed by atoms with Crippen LogP contribution in [-0.4, -0.2) is 17.6 Å². The molecule has 2 rings (SSSR count). The lowest BCUT2D eigenvalue weighted by atomic mass is 10.3. The Labute approximate surface area is 120 Å². The molecule has 0 spiro atoms. The van der Waals surface area contributed by atoms with Crippen LogP contribution >= 0.6 is 22.9 Å². The number of amides is 2. The Morgan fingerprint density at radius 3 is 2.74 bits per heavy atom. The largest absolute Gasteiger partial charge is 0.338 e. The molecular weight excluding hydrogens is 282 g/mol. The average Bonchev–Trinajstić information content (AvgIpc) is 2.78. The van der Waals surface area contributed by atoms with Gasteiger partial charge in [-0.1, -0.05) is 11.6 Å². The maximum absolute atomic E-state index is 11.6. The molecule has 2 aromatic rings. The van der Waals surface area contributed by atoms with Crippen LogP contribution in [-0.2, 0) is 6.42 Å². The molecule has 100 valence electrons. The lowest BCUT2D eigenvalue weighted by Gasteiger charge is -2.07. The molecule has 0 aliphatic heterocycles. The van der Waals surface area contributed by atoms with Gasteiger partial charge < -0.3 is 10.6 Å². The van der Waals surface area contributed by atoms with Crippen LogP contribution in [0.1, 0.15) is 10.6 Å². The summed E-state index contributed by atoms with van der Waals surface area (Å²) in [5.74, 6) is 0. The molecule has 2 amide bonds. The summed E-state index contributed by atoms with van der Waals surface area (Å²) in [5, 5.41) is 6.20. The second-order valence-electron chi connectivity index (χ2n) is 4.00. The van der Waals surface area contributed by atoms with Crippen LogP contribution in [0.25, 0.3) is 0 Å². The molecule has 2 N–H and O–H groups in total. The minimum atomic E-state index is -0.218. The van der Waals surface area contributed by atoms with Gasteiger partial charge >= 0.3 is 6.03 Å². The van der Waals surface area contributed by atoms with Gasteiger partial charge in [0.25, 0.3) is 0 Å². The third kappa shape index (κ3) is 4.22. The standard InChI is InChI=1S/C13H14ClN3OS/c1-9-12(19-8-16-9)6-7-15-13(18)17-11-4-2-10(14)3-5-11/h2-5,8H,6-7H2,1H3,(H2,15,17,18). The Morgan fingerprint density at radius 2 is 2.11 bits per heavy atom. The molecule has 1 aromatic carbocycles. The van der Waals surface area contributed by atoms with Crippen molar-refractivity contribution in [2.45, 2.75) is 13.3 Å². The zero-order valence-electron chi connectivity index (χ0n) is 10.4. The van der Waals surface area contributed by atoms with Gasteiger partial charge in [0, 0.05) is 28.6 Å². The zero-order valence-corrected chi connectivity index (χ0v) is 12.0. The summed E-state index contributed by atoms with van der Waals surface area (Å²) in [4.78, 5) is 17.0. The highest BCUT2D eigenvalue weighted by Gasteiger charge is 2.04. The van der Waals surface area contributed by atoms with Crippen LogP contribution < -0.4 is 10.6 Å². The number of hydrogen-bond acceptors (Lipinski definition) is 3. The summed E-state index contributed by atoms with van der Waals surface area (Å²) in [7, 11) is 0. The molecule has 0 atom stereocenters. The van der Waals surface area contributed by atoms with Gasteiger partial charge in [-0.2, -0.15) is 0 Å². The van der Waals surface area contributed by atoms with E-state index in [0.29, 0.717) is 11.6 Å². The number of carbonyl (C=O) groups is 1. The van der Waals surface area contributed by atoms with Crippen molar-refractivity contribution >= 4 is 34.7 Å². The number of aromatic nitrogens is 1. The Balaban J connectivity index is 1.76. The number of hydrogen-bond donors (Lipinski definition) is 2. The van der Waals surface area contributed by atoms with Gasteiger partial charge in [-0.15, -0.1) is 11.3 Å². The number of thiazole rings is 1. The van der Waals surface area contributed by atoms with Crippen LogP contribution in [0.5, 0.6) is 0 Å². The van der Waals surface area contributed by atoms with Crippen molar-refractivity contribution in [3.63, 3.8) is 0 Å². The molecule has 1 heterocycles. The summed E-state index contributed by atoms with van der Waals surface area (Å²) in [5.41, 5.74) is 3.57. The van der Waals surface area contributed by atoms with Crippen molar-refractivity contribution in [1.29, 1.82) is 0 Å². The fourth-order valence-electron chi connectivity index (χ4n) is 1.56. The van der Waals surface area contributed by atoms with Crippen LogP contribution in [0.2, 0.25) is 5.02 Å². The molecule has 0 saturated heterocycles. The van der Waals surface area contributed by atoms with Crippen molar-refractivity contribution in [2.75, 3.05) is 11.9 Å². The molecule has 0 saturated carbocycles. The van der Waals surface area contributed by atoms with Gasteiger partial charge in [0.1, 0.15) is 0 Å². The summed E-state index contributed by atoms with van der Waals surface area (Å²) < 4.78 is 0. The van der Waals surface area contributed by atoms with E-state index in [1.165, 1.54) is 4.88 Å². The Kier molecular flexibility index (Phi) is 4.76. The molecule has 0 bridgehead atoms. The third-order valence-electron chi connectivity index (χ3n) is 2.58. The molecule has 4 nitrogen and oxygen atoms in total. The van der Waals surface area contributed by atoms with Gasteiger partial charge in [0.15, 0.2) is 0 Å². The first-order chi connectivity index (χ1) is 9.15. The maximum Gasteiger partial charge on any atom is 0.319 e. The van der Waals surface area contributed by atoms with Crippen molar-refractivity contribution in [2.24, 2.45) is 0 Å². The number of benzene rings is 1. The molecule has 0 fully saturated rings. The highest BCUT2D eigenvalue weighted by molar-refractivity contribution is 7.09. The molecule has 0 unspecified atom stereocenters. The van der Waals surface area contributed by atoms with E-state index in [1.807, 2.05) is 12.4 Å². The Morgan fingerprint density at radius 1 is 1.37 bits per heavy atom. The van der Waals surface area contributed by atoms with E-state index >= 15 is 0 Å². The monoisotopic (exact) mass is 295 g/mol. The molecule has 1 aromatic heterocycles. The topological polar surface area (TPSA) is 54.0 Å². The minimum absolute atomic E-state index is 0.218. The lowest BCUT2D eigenvalue weighted by molar-refractivity contribution is 0.252. The Hall–Kier alpha value is -1.59. The number of urea groups is 1.